The van der Waals surface area contributed by atoms with Crippen molar-refractivity contribution in [1.29, 1.82) is 0 Å². The van der Waals surface area contributed by atoms with Gasteiger partial charge < -0.3 is 10.6 Å². The smallest absolute Gasteiger partial charge is 0.251 e. The van der Waals surface area contributed by atoms with Crippen LogP contribution < -0.4 is 10.6 Å². The summed E-state index contributed by atoms with van der Waals surface area (Å²) in [7, 11) is 1.63. The molecule has 0 bridgehead atoms. The van der Waals surface area contributed by atoms with E-state index >= 15 is 0 Å². The second-order valence-corrected chi connectivity index (χ2v) is 3.63. The van der Waals surface area contributed by atoms with Gasteiger partial charge in [0.25, 0.3) is 5.91 Å². The van der Waals surface area contributed by atoms with Gasteiger partial charge in [-0.3, -0.25) is 4.79 Å². The topological polar surface area (TPSA) is 41.1 Å². The van der Waals surface area contributed by atoms with Gasteiger partial charge in [-0.2, -0.15) is 0 Å². The highest BCUT2D eigenvalue weighted by Crippen LogP contribution is 2.04. The van der Waals surface area contributed by atoms with Crippen molar-refractivity contribution in [2.45, 2.75) is 19.9 Å². The Morgan fingerprint density at radius 1 is 1.29 bits per heavy atom. The van der Waals surface area contributed by atoms with Crippen LogP contribution in [0.2, 0.25) is 0 Å². The maximum Gasteiger partial charge on any atom is 0.251 e. The van der Waals surface area contributed by atoms with E-state index in [2.05, 4.69) is 22.5 Å². The summed E-state index contributed by atoms with van der Waals surface area (Å²) >= 11 is 0. The Hall–Kier alpha value is -1.79. The monoisotopic (exact) mass is 230 g/mol. The number of hydrogen-bond donors (Lipinski definition) is 2. The van der Waals surface area contributed by atoms with E-state index < -0.39 is 0 Å². The van der Waals surface area contributed by atoms with Crippen molar-refractivity contribution in [3.05, 3.63) is 35.4 Å². The largest absolute Gasteiger partial charge is 0.355 e. The van der Waals surface area contributed by atoms with Gasteiger partial charge in [-0.25, -0.2) is 0 Å². The molecule has 0 radical (unpaired) electrons. The van der Waals surface area contributed by atoms with Gasteiger partial charge in [-0.15, -0.1) is 11.8 Å². The predicted molar refractivity (Wildman–Crippen MR) is 69.6 cm³/mol. The fourth-order valence-electron chi connectivity index (χ4n) is 1.43. The molecule has 1 aromatic rings. The summed E-state index contributed by atoms with van der Waals surface area (Å²) in [6.45, 7) is 3.54. The maximum absolute atomic E-state index is 11.3. The van der Waals surface area contributed by atoms with Gasteiger partial charge in [-0.1, -0.05) is 12.1 Å². The van der Waals surface area contributed by atoms with Crippen LogP contribution in [0.15, 0.2) is 24.3 Å². The minimum Gasteiger partial charge on any atom is -0.355 e. The minimum atomic E-state index is -0.0530. The van der Waals surface area contributed by atoms with E-state index in [1.165, 1.54) is 5.56 Å². The zero-order valence-corrected chi connectivity index (χ0v) is 10.3. The Morgan fingerprint density at radius 3 is 2.59 bits per heavy atom. The summed E-state index contributed by atoms with van der Waals surface area (Å²) in [5.74, 6) is 5.81. The summed E-state index contributed by atoms with van der Waals surface area (Å²) in [4.78, 5) is 11.3. The van der Waals surface area contributed by atoms with Crippen LogP contribution in [0.4, 0.5) is 0 Å². The highest BCUT2D eigenvalue weighted by atomic mass is 16.1. The number of benzene rings is 1. The van der Waals surface area contributed by atoms with Gasteiger partial charge in [-0.05, 0) is 24.6 Å². The van der Waals surface area contributed by atoms with Gasteiger partial charge in [0.1, 0.15) is 0 Å². The molecule has 2 N–H and O–H groups in total. The Labute approximate surface area is 103 Å². The third kappa shape index (κ3) is 4.71. The average Bonchev–Trinajstić information content (AvgIpc) is 2.38. The van der Waals surface area contributed by atoms with E-state index in [1.807, 2.05) is 31.2 Å². The third-order valence-electron chi connectivity index (χ3n) is 2.38. The molecule has 0 atom stereocenters. The number of amides is 1. The van der Waals surface area contributed by atoms with E-state index in [0.29, 0.717) is 5.56 Å². The highest BCUT2D eigenvalue weighted by molar-refractivity contribution is 5.93. The maximum atomic E-state index is 11.3. The van der Waals surface area contributed by atoms with Gasteiger partial charge in [0.05, 0.1) is 0 Å². The van der Waals surface area contributed by atoms with E-state index in [1.54, 1.807) is 7.05 Å². The number of rotatable bonds is 5. The lowest BCUT2D eigenvalue weighted by Gasteiger charge is -2.04. The van der Waals surface area contributed by atoms with Gasteiger partial charge in [0.15, 0.2) is 0 Å². The molecule has 0 aliphatic rings. The van der Waals surface area contributed by atoms with Gasteiger partial charge >= 0.3 is 0 Å². The third-order valence-corrected chi connectivity index (χ3v) is 2.38. The fourth-order valence-corrected chi connectivity index (χ4v) is 1.43. The molecule has 0 saturated heterocycles. The zero-order valence-electron chi connectivity index (χ0n) is 10.3. The first kappa shape index (κ1) is 13.3. The van der Waals surface area contributed by atoms with Crippen LogP contribution in [0, 0.1) is 11.8 Å². The lowest BCUT2D eigenvalue weighted by molar-refractivity contribution is 0.0963. The zero-order chi connectivity index (χ0) is 12.5. The van der Waals surface area contributed by atoms with E-state index in [4.69, 9.17) is 0 Å². The SMILES string of the molecule is CC#CCCNCc1ccc(C(=O)NC)cc1. The summed E-state index contributed by atoms with van der Waals surface area (Å²) in [5, 5.41) is 5.89. The molecule has 17 heavy (non-hydrogen) atoms. The molecule has 3 nitrogen and oxygen atoms in total. The fraction of sp³-hybridized carbons (Fsp3) is 0.357. The molecule has 0 fully saturated rings. The summed E-state index contributed by atoms with van der Waals surface area (Å²) in [6.07, 6.45) is 0.868. The van der Waals surface area contributed by atoms with Crippen molar-refractivity contribution in [3.63, 3.8) is 0 Å². The molecular weight excluding hydrogens is 212 g/mol. The second-order valence-electron chi connectivity index (χ2n) is 3.63. The van der Waals surface area contributed by atoms with E-state index in [0.717, 1.165) is 19.5 Å². The lowest BCUT2D eigenvalue weighted by Crippen LogP contribution is -2.18. The van der Waals surface area contributed by atoms with Crippen LogP contribution in [0.5, 0.6) is 0 Å². The normalized spacial score (nSPS) is 9.29. The molecule has 3 heteroatoms. The van der Waals surface area contributed by atoms with Crippen molar-refractivity contribution in [2.24, 2.45) is 0 Å². The molecule has 0 aliphatic carbocycles. The molecular formula is C14H18N2O. The number of hydrogen-bond acceptors (Lipinski definition) is 2. The lowest BCUT2D eigenvalue weighted by atomic mass is 10.1. The Bertz CT molecular complexity index is 412. The summed E-state index contributed by atoms with van der Waals surface area (Å²) in [5.41, 5.74) is 1.86. The van der Waals surface area contributed by atoms with Gasteiger partial charge in [0.2, 0.25) is 0 Å². The van der Waals surface area contributed by atoms with E-state index in [9.17, 15) is 4.79 Å². The van der Waals surface area contributed by atoms with Crippen LogP contribution in [0.3, 0.4) is 0 Å². The van der Waals surface area contributed by atoms with Crippen molar-refractivity contribution < 1.29 is 4.79 Å². The van der Waals surface area contributed by atoms with Crippen molar-refractivity contribution in [2.75, 3.05) is 13.6 Å². The minimum absolute atomic E-state index is 0.0530. The number of carbonyl (C=O) groups excluding carboxylic acids is 1. The molecule has 0 saturated carbocycles. The van der Waals surface area contributed by atoms with Crippen LogP contribution in [0.25, 0.3) is 0 Å². The molecule has 1 rings (SSSR count). The molecule has 1 aromatic carbocycles. The van der Waals surface area contributed by atoms with Crippen LogP contribution >= 0.6 is 0 Å². The number of carbonyl (C=O) groups is 1. The van der Waals surface area contributed by atoms with Crippen LogP contribution in [-0.4, -0.2) is 19.5 Å². The molecule has 0 aromatic heterocycles. The first-order valence-corrected chi connectivity index (χ1v) is 5.69. The predicted octanol–water partition coefficient (Wildman–Crippen LogP) is 1.55. The first-order chi connectivity index (χ1) is 8.27. The molecule has 90 valence electrons. The molecule has 0 aliphatic heterocycles. The van der Waals surface area contributed by atoms with Crippen molar-refractivity contribution in [1.82, 2.24) is 10.6 Å². The standard InChI is InChI=1S/C14H18N2O/c1-3-4-5-10-16-11-12-6-8-13(9-7-12)14(17)15-2/h6-9,16H,5,10-11H2,1-2H3,(H,15,17). The molecule has 0 spiro atoms. The molecule has 1 amide bonds. The van der Waals surface area contributed by atoms with E-state index in [-0.39, 0.29) is 5.91 Å². The Balaban J connectivity index is 2.39. The van der Waals surface area contributed by atoms with Crippen LogP contribution in [0.1, 0.15) is 29.3 Å². The van der Waals surface area contributed by atoms with Crippen molar-refractivity contribution in [3.8, 4) is 11.8 Å². The Morgan fingerprint density at radius 2 is 2.00 bits per heavy atom. The first-order valence-electron chi connectivity index (χ1n) is 5.69. The Kier molecular flexibility index (Phi) is 5.84. The summed E-state index contributed by atoms with van der Waals surface area (Å²) in [6, 6.07) is 7.59. The number of nitrogens with one attached hydrogen (secondary N) is 2. The average molecular weight is 230 g/mol. The van der Waals surface area contributed by atoms with Gasteiger partial charge in [0, 0.05) is 32.1 Å². The quantitative estimate of drug-likeness (QED) is 0.595. The molecule has 0 heterocycles. The summed E-state index contributed by atoms with van der Waals surface area (Å²) < 4.78 is 0. The molecule has 0 unspecified atom stereocenters. The van der Waals surface area contributed by atoms with Crippen LogP contribution in [-0.2, 0) is 6.54 Å². The highest BCUT2D eigenvalue weighted by Gasteiger charge is 2.01. The second kappa shape index (κ2) is 7.48. The van der Waals surface area contributed by atoms with Crippen molar-refractivity contribution >= 4 is 5.91 Å².